The van der Waals surface area contributed by atoms with Gasteiger partial charge in [0.1, 0.15) is 0 Å². The Bertz CT molecular complexity index is 594. The molecule has 0 spiro atoms. The van der Waals surface area contributed by atoms with Gasteiger partial charge in [-0.3, -0.25) is 4.79 Å². The summed E-state index contributed by atoms with van der Waals surface area (Å²) in [6.45, 7) is 0. The first-order valence-electron chi connectivity index (χ1n) is 5.51. The van der Waals surface area contributed by atoms with Gasteiger partial charge in [0.2, 0.25) is 5.91 Å². The molecule has 1 heterocycles. The van der Waals surface area contributed by atoms with Gasteiger partial charge in [-0.2, -0.15) is 5.10 Å². The molecule has 5 nitrogen and oxygen atoms in total. The van der Waals surface area contributed by atoms with Crippen molar-refractivity contribution in [3.63, 3.8) is 0 Å². The number of phenolic OH excluding ortho intramolecular Hbond substituents is 2. The molecule has 0 unspecified atom stereocenters. The molecule has 1 amide bonds. The third kappa shape index (κ3) is 3.82. The van der Waals surface area contributed by atoms with Crippen LogP contribution in [0, 0.1) is 0 Å². The van der Waals surface area contributed by atoms with Crippen molar-refractivity contribution in [1.82, 2.24) is 5.43 Å². The highest BCUT2D eigenvalue weighted by Gasteiger charge is 2.02. The summed E-state index contributed by atoms with van der Waals surface area (Å²) >= 11 is 1.51. The molecule has 0 aliphatic carbocycles. The van der Waals surface area contributed by atoms with Crippen LogP contribution in [0.3, 0.4) is 0 Å². The van der Waals surface area contributed by atoms with Gasteiger partial charge in [0, 0.05) is 4.88 Å². The smallest absolute Gasteiger partial charge is 0.245 e. The fourth-order valence-electron chi connectivity index (χ4n) is 1.41. The average molecular weight is 276 g/mol. The van der Waals surface area contributed by atoms with Crippen LogP contribution < -0.4 is 5.43 Å². The van der Waals surface area contributed by atoms with Crippen molar-refractivity contribution in [1.29, 1.82) is 0 Å². The van der Waals surface area contributed by atoms with Crippen molar-refractivity contribution >= 4 is 23.5 Å². The molecule has 2 rings (SSSR count). The van der Waals surface area contributed by atoms with E-state index in [0.717, 1.165) is 4.88 Å². The second-order valence-electron chi connectivity index (χ2n) is 3.80. The minimum Gasteiger partial charge on any atom is -0.504 e. The molecular weight excluding hydrogens is 264 g/mol. The number of carbonyl (C=O) groups excluding carboxylic acids is 1. The third-order valence-electron chi connectivity index (χ3n) is 2.32. The van der Waals surface area contributed by atoms with Gasteiger partial charge in [-0.25, -0.2) is 5.43 Å². The molecule has 0 bridgehead atoms. The molecule has 6 heteroatoms. The summed E-state index contributed by atoms with van der Waals surface area (Å²) in [6.07, 6.45) is 1.68. The molecule has 0 saturated carbocycles. The highest BCUT2D eigenvalue weighted by molar-refractivity contribution is 7.10. The number of nitrogens with zero attached hydrogens (tertiary/aromatic N) is 1. The Morgan fingerprint density at radius 1 is 1.32 bits per heavy atom. The summed E-state index contributed by atoms with van der Waals surface area (Å²) in [5, 5.41) is 24.1. The number of amides is 1. The van der Waals surface area contributed by atoms with Gasteiger partial charge in [0.25, 0.3) is 0 Å². The topological polar surface area (TPSA) is 81.9 Å². The molecule has 2 aromatic rings. The summed E-state index contributed by atoms with van der Waals surface area (Å²) in [4.78, 5) is 12.5. The lowest BCUT2D eigenvalue weighted by molar-refractivity contribution is -0.120. The molecule has 0 fully saturated rings. The van der Waals surface area contributed by atoms with Crippen LogP contribution in [-0.4, -0.2) is 22.3 Å². The van der Waals surface area contributed by atoms with E-state index in [-0.39, 0.29) is 23.8 Å². The maximum atomic E-state index is 11.5. The number of hydrogen-bond acceptors (Lipinski definition) is 5. The highest BCUT2D eigenvalue weighted by Crippen LogP contribution is 2.23. The predicted octanol–water partition coefficient (Wildman–Crippen LogP) is 1.85. The van der Waals surface area contributed by atoms with Gasteiger partial charge in [-0.1, -0.05) is 6.07 Å². The lowest BCUT2D eigenvalue weighted by Gasteiger charge is -1.99. The van der Waals surface area contributed by atoms with Crippen molar-refractivity contribution in [3.05, 3.63) is 46.2 Å². The van der Waals surface area contributed by atoms with Gasteiger partial charge in [0.05, 0.1) is 12.6 Å². The first-order valence-corrected chi connectivity index (χ1v) is 6.39. The Morgan fingerprint density at radius 3 is 2.84 bits per heavy atom. The summed E-state index contributed by atoms with van der Waals surface area (Å²) in [5.74, 6) is -0.630. The monoisotopic (exact) mass is 276 g/mol. The summed E-state index contributed by atoms with van der Waals surface area (Å²) in [6, 6.07) is 8.04. The predicted molar refractivity (Wildman–Crippen MR) is 73.5 cm³/mol. The van der Waals surface area contributed by atoms with Crippen LogP contribution in [0.15, 0.2) is 40.8 Å². The molecule has 0 aliphatic heterocycles. The number of hydrogen-bond donors (Lipinski definition) is 3. The second kappa shape index (κ2) is 6.01. The molecule has 0 saturated heterocycles. The van der Waals surface area contributed by atoms with Crippen LogP contribution in [-0.2, 0) is 11.2 Å². The number of carbonyl (C=O) groups is 1. The fraction of sp³-hybridized carbons (Fsp3) is 0.0769. The van der Waals surface area contributed by atoms with Gasteiger partial charge in [-0.15, -0.1) is 11.3 Å². The Hall–Kier alpha value is -2.34. The average Bonchev–Trinajstić information content (AvgIpc) is 2.86. The third-order valence-corrected chi connectivity index (χ3v) is 3.19. The Kier molecular flexibility index (Phi) is 4.15. The van der Waals surface area contributed by atoms with Gasteiger partial charge < -0.3 is 10.2 Å². The lowest BCUT2D eigenvalue weighted by Crippen LogP contribution is -2.19. The summed E-state index contributed by atoms with van der Waals surface area (Å²) in [7, 11) is 0. The SMILES string of the molecule is O=C(Cc1cccs1)NN=Cc1ccc(O)c(O)c1. The molecule has 98 valence electrons. The van der Waals surface area contributed by atoms with Crippen LogP contribution in [0.4, 0.5) is 0 Å². The second-order valence-corrected chi connectivity index (χ2v) is 4.83. The lowest BCUT2D eigenvalue weighted by atomic mass is 10.2. The fourth-order valence-corrected chi connectivity index (χ4v) is 2.11. The first kappa shape index (κ1) is 13.1. The van der Waals surface area contributed by atoms with Crippen molar-refractivity contribution in [2.75, 3.05) is 0 Å². The van der Waals surface area contributed by atoms with E-state index in [9.17, 15) is 9.90 Å². The molecule has 1 aromatic carbocycles. The Balaban J connectivity index is 1.89. The highest BCUT2D eigenvalue weighted by atomic mass is 32.1. The van der Waals surface area contributed by atoms with E-state index in [0.29, 0.717) is 5.56 Å². The van der Waals surface area contributed by atoms with E-state index in [1.807, 2.05) is 17.5 Å². The molecule has 1 aromatic heterocycles. The molecule has 0 aliphatic rings. The molecule has 0 radical (unpaired) electrons. The van der Waals surface area contributed by atoms with E-state index < -0.39 is 0 Å². The van der Waals surface area contributed by atoms with E-state index >= 15 is 0 Å². The largest absolute Gasteiger partial charge is 0.504 e. The van der Waals surface area contributed by atoms with Gasteiger partial charge >= 0.3 is 0 Å². The quantitative estimate of drug-likeness (QED) is 0.453. The number of aromatic hydroxyl groups is 2. The number of rotatable bonds is 4. The number of phenols is 2. The number of hydrazone groups is 1. The van der Waals surface area contributed by atoms with Gasteiger partial charge in [0.15, 0.2) is 11.5 Å². The normalized spacial score (nSPS) is 10.7. The van der Waals surface area contributed by atoms with E-state index in [1.165, 1.54) is 29.7 Å². The van der Waals surface area contributed by atoms with Crippen molar-refractivity contribution < 1.29 is 15.0 Å². The minimum absolute atomic E-state index is 0.195. The van der Waals surface area contributed by atoms with Crippen LogP contribution in [0.5, 0.6) is 11.5 Å². The van der Waals surface area contributed by atoms with Crippen molar-refractivity contribution in [2.45, 2.75) is 6.42 Å². The summed E-state index contributed by atoms with van der Waals surface area (Å²) in [5.41, 5.74) is 2.97. The van der Waals surface area contributed by atoms with Crippen molar-refractivity contribution in [2.24, 2.45) is 5.10 Å². The van der Waals surface area contributed by atoms with E-state index in [2.05, 4.69) is 10.5 Å². The number of benzene rings is 1. The standard InChI is InChI=1S/C13H12N2O3S/c16-11-4-3-9(6-12(11)17)8-14-15-13(18)7-10-2-1-5-19-10/h1-6,8,16-17H,7H2,(H,15,18). The first-order chi connectivity index (χ1) is 9.15. The maximum Gasteiger partial charge on any atom is 0.245 e. The zero-order valence-electron chi connectivity index (χ0n) is 9.91. The summed E-state index contributed by atoms with van der Waals surface area (Å²) < 4.78 is 0. The maximum absolute atomic E-state index is 11.5. The van der Waals surface area contributed by atoms with Crippen LogP contribution in [0.1, 0.15) is 10.4 Å². The van der Waals surface area contributed by atoms with E-state index in [1.54, 1.807) is 6.07 Å². The van der Waals surface area contributed by atoms with Crippen LogP contribution >= 0.6 is 11.3 Å². The number of thiophene rings is 1. The Labute approximate surface area is 113 Å². The van der Waals surface area contributed by atoms with Gasteiger partial charge in [-0.05, 0) is 35.2 Å². The molecule has 3 N–H and O–H groups in total. The van der Waals surface area contributed by atoms with E-state index in [4.69, 9.17) is 5.11 Å². The number of nitrogens with one attached hydrogen (secondary N) is 1. The van der Waals surface area contributed by atoms with Crippen molar-refractivity contribution in [3.8, 4) is 11.5 Å². The molecular formula is C13H12N2O3S. The zero-order valence-corrected chi connectivity index (χ0v) is 10.7. The zero-order chi connectivity index (χ0) is 13.7. The van der Waals surface area contributed by atoms with Crippen LogP contribution in [0.25, 0.3) is 0 Å². The van der Waals surface area contributed by atoms with Crippen LogP contribution in [0.2, 0.25) is 0 Å². The Morgan fingerprint density at radius 2 is 2.16 bits per heavy atom. The molecule has 19 heavy (non-hydrogen) atoms. The minimum atomic E-state index is -0.228. The molecule has 0 atom stereocenters.